The van der Waals surface area contributed by atoms with E-state index in [9.17, 15) is 14.0 Å². The smallest absolute Gasteiger partial charge is 0.222 e. The molecule has 0 saturated carbocycles. The first-order valence-corrected chi connectivity index (χ1v) is 11.1. The van der Waals surface area contributed by atoms with E-state index >= 15 is 0 Å². The number of hydrogen-bond acceptors (Lipinski definition) is 4. The van der Waals surface area contributed by atoms with E-state index in [1.165, 1.54) is 12.4 Å². The average Bonchev–Trinajstić information content (AvgIpc) is 3.05. The van der Waals surface area contributed by atoms with Gasteiger partial charge < -0.3 is 10.2 Å². The summed E-state index contributed by atoms with van der Waals surface area (Å²) in [6.07, 6.45) is 8.90. The first-order chi connectivity index (χ1) is 15.0. The molecule has 1 aromatic carbocycles. The number of halogens is 1. The van der Waals surface area contributed by atoms with Gasteiger partial charge in [-0.15, -0.1) is 0 Å². The highest BCUT2D eigenvalue weighted by Crippen LogP contribution is 2.52. The van der Waals surface area contributed by atoms with Crippen molar-refractivity contribution in [2.24, 2.45) is 0 Å². The van der Waals surface area contributed by atoms with Gasteiger partial charge in [0, 0.05) is 44.9 Å². The zero-order valence-corrected chi connectivity index (χ0v) is 17.9. The molecule has 1 atom stereocenters. The summed E-state index contributed by atoms with van der Waals surface area (Å²) < 4.78 is 14.1. The van der Waals surface area contributed by atoms with Crippen LogP contribution in [0.5, 0.6) is 0 Å². The van der Waals surface area contributed by atoms with Crippen molar-refractivity contribution < 1.29 is 14.0 Å². The number of carbonyl (C=O) groups excluding carboxylic acids is 2. The predicted octanol–water partition coefficient (Wildman–Crippen LogP) is 3.12. The third-order valence-corrected chi connectivity index (χ3v) is 6.78. The number of fused-ring (bicyclic) bond motifs is 2. The van der Waals surface area contributed by atoms with Crippen LogP contribution in [-0.2, 0) is 21.4 Å². The lowest BCUT2D eigenvalue weighted by atomic mass is 9.73. The summed E-state index contributed by atoms with van der Waals surface area (Å²) in [6.45, 7) is 3.84. The Morgan fingerprint density at radius 1 is 1.23 bits per heavy atom. The van der Waals surface area contributed by atoms with Crippen LogP contribution in [0.15, 0.2) is 36.9 Å². The van der Waals surface area contributed by atoms with E-state index in [0.29, 0.717) is 38.9 Å². The molecule has 2 aliphatic rings. The summed E-state index contributed by atoms with van der Waals surface area (Å²) >= 11 is 0. The molecule has 7 heteroatoms. The van der Waals surface area contributed by atoms with Crippen molar-refractivity contribution in [1.82, 2.24) is 20.2 Å². The number of benzene rings is 1. The maximum absolute atomic E-state index is 14.1. The van der Waals surface area contributed by atoms with Gasteiger partial charge in [-0.25, -0.2) is 14.4 Å². The Kier molecular flexibility index (Phi) is 6.30. The molecule has 0 radical (unpaired) electrons. The van der Waals surface area contributed by atoms with Crippen LogP contribution in [0.1, 0.15) is 61.6 Å². The van der Waals surface area contributed by atoms with Gasteiger partial charge in [-0.2, -0.15) is 0 Å². The molecule has 1 aromatic heterocycles. The van der Waals surface area contributed by atoms with Gasteiger partial charge >= 0.3 is 0 Å². The normalized spacial score (nSPS) is 19.3. The molecule has 31 heavy (non-hydrogen) atoms. The molecular formula is C24H29FN4O2. The lowest BCUT2D eigenvalue weighted by molar-refractivity contribution is -0.132. The van der Waals surface area contributed by atoms with Crippen molar-refractivity contribution in [2.45, 2.75) is 56.8 Å². The molecule has 2 heterocycles. The Balaban J connectivity index is 1.42. The molecule has 1 fully saturated rings. The monoisotopic (exact) mass is 424 g/mol. The number of rotatable bonds is 6. The summed E-state index contributed by atoms with van der Waals surface area (Å²) in [5, 5.41) is 2.88. The van der Waals surface area contributed by atoms with Crippen LogP contribution in [0.3, 0.4) is 0 Å². The fraction of sp³-hybridized carbons (Fsp3) is 0.500. The maximum Gasteiger partial charge on any atom is 0.222 e. The second kappa shape index (κ2) is 9.12. The largest absolute Gasteiger partial charge is 0.356 e. The van der Waals surface area contributed by atoms with Crippen molar-refractivity contribution in [3.8, 4) is 0 Å². The summed E-state index contributed by atoms with van der Waals surface area (Å²) in [6, 6.07) is 5.00. The first kappa shape index (κ1) is 21.4. The van der Waals surface area contributed by atoms with Crippen LogP contribution >= 0.6 is 0 Å². The number of likely N-dealkylation sites (tertiary alicyclic amines) is 1. The number of aromatic nitrogens is 2. The van der Waals surface area contributed by atoms with Crippen LogP contribution in [0, 0.1) is 5.82 Å². The summed E-state index contributed by atoms with van der Waals surface area (Å²) in [5.41, 5.74) is 2.93. The van der Waals surface area contributed by atoms with Gasteiger partial charge in [-0.05, 0) is 72.8 Å². The summed E-state index contributed by atoms with van der Waals surface area (Å²) in [5.74, 6) is 0.0372. The number of amides is 2. The van der Waals surface area contributed by atoms with E-state index in [1.54, 1.807) is 18.5 Å². The summed E-state index contributed by atoms with van der Waals surface area (Å²) in [7, 11) is 0. The zero-order valence-electron chi connectivity index (χ0n) is 17.9. The lowest BCUT2D eigenvalue weighted by Gasteiger charge is -2.40. The van der Waals surface area contributed by atoms with E-state index in [4.69, 9.17) is 0 Å². The van der Waals surface area contributed by atoms with Crippen LogP contribution in [0.2, 0.25) is 0 Å². The molecule has 2 amide bonds. The van der Waals surface area contributed by atoms with Gasteiger partial charge in [-0.3, -0.25) is 9.59 Å². The second-order valence-corrected chi connectivity index (χ2v) is 8.70. The third-order valence-electron chi connectivity index (χ3n) is 6.78. The molecule has 1 unspecified atom stereocenters. The molecule has 1 aliphatic carbocycles. The van der Waals surface area contributed by atoms with Crippen molar-refractivity contribution in [1.29, 1.82) is 0 Å². The molecule has 164 valence electrons. The number of piperidine rings is 1. The van der Waals surface area contributed by atoms with Crippen LogP contribution in [0.4, 0.5) is 4.39 Å². The van der Waals surface area contributed by atoms with Crippen LogP contribution in [0.25, 0.3) is 0 Å². The summed E-state index contributed by atoms with van der Waals surface area (Å²) in [4.78, 5) is 34.9. The number of hydrogen-bond donors (Lipinski definition) is 1. The molecule has 1 N–H and O–H groups in total. The minimum Gasteiger partial charge on any atom is -0.356 e. The molecule has 6 nitrogen and oxygen atoms in total. The minimum absolute atomic E-state index is 0.0392. The molecule has 1 spiro atoms. The molecule has 4 rings (SSSR count). The zero-order chi connectivity index (χ0) is 21.8. The predicted molar refractivity (Wildman–Crippen MR) is 115 cm³/mol. The topological polar surface area (TPSA) is 75.2 Å². The number of aryl methyl sites for hydroxylation is 1. The van der Waals surface area contributed by atoms with E-state index in [-0.39, 0.29) is 29.0 Å². The highest BCUT2D eigenvalue weighted by Gasteiger charge is 2.46. The molecule has 1 aliphatic heterocycles. The number of nitrogens with zero attached hydrogens (tertiary/aromatic N) is 3. The Morgan fingerprint density at radius 3 is 2.68 bits per heavy atom. The van der Waals surface area contributed by atoms with Gasteiger partial charge in [0.15, 0.2) is 0 Å². The third kappa shape index (κ3) is 4.60. The van der Waals surface area contributed by atoms with Crippen molar-refractivity contribution in [3.05, 3.63) is 59.4 Å². The van der Waals surface area contributed by atoms with Gasteiger partial charge in [-0.1, -0.05) is 6.07 Å². The second-order valence-electron chi connectivity index (χ2n) is 8.70. The number of carbonyl (C=O) groups is 2. The minimum atomic E-state index is -0.236. The Morgan fingerprint density at radius 2 is 1.97 bits per heavy atom. The molecule has 1 saturated heterocycles. The molecular weight excluding hydrogens is 395 g/mol. The van der Waals surface area contributed by atoms with Crippen molar-refractivity contribution in [2.75, 3.05) is 19.6 Å². The van der Waals surface area contributed by atoms with Gasteiger partial charge in [0.05, 0.1) is 0 Å². The SMILES string of the molecule is CCNC(=O)CC1CC2(CCN(C(=O)CCc3cncnc3)CC2)c2cc(F)ccc21. The quantitative estimate of drug-likeness (QED) is 0.773. The Labute approximate surface area is 182 Å². The molecule has 2 aromatic rings. The van der Waals surface area contributed by atoms with Crippen LogP contribution < -0.4 is 5.32 Å². The van der Waals surface area contributed by atoms with Gasteiger partial charge in [0.25, 0.3) is 0 Å². The highest BCUT2D eigenvalue weighted by atomic mass is 19.1. The first-order valence-electron chi connectivity index (χ1n) is 11.1. The Bertz CT molecular complexity index is 942. The highest BCUT2D eigenvalue weighted by molar-refractivity contribution is 5.77. The van der Waals surface area contributed by atoms with E-state index in [2.05, 4.69) is 15.3 Å². The van der Waals surface area contributed by atoms with Gasteiger partial charge in [0.1, 0.15) is 12.1 Å². The standard InChI is InChI=1S/C24H29FN4O2/c1-2-28-22(30)11-18-13-24(21-12-19(25)4-5-20(18)21)7-9-29(10-8-24)23(31)6-3-17-14-26-16-27-15-17/h4-5,12,14-16,18H,2-3,6-11,13H2,1H3,(H,28,30). The average molecular weight is 425 g/mol. The number of nitrogens with one attached hydrogen (secondary N) is 1. The van der Waals surface area contributed by atoms with E-state index in [0.717, 1.165) is 36.0 Å². The molecule has 0 bridgehead atoms. The van der Waals surface area contributed by atoms with Crippen LogP contribution in [-0.4, -0.2) is 46.3 Å². The lowest BCUT2D eigenvalue weighted by Crippen LogP contribution is -2.44. The van der Waals surface area contributed by atoms with Crippen molar-refractivity contribution >= 4 is 11.8 Å². The van der Waals surface area contributed by atoms with Gasteiger partial charge in [0.2, 0.25) is 11.8 Å². The van der Waals surface area contributed by atoms with E-state index < -0.39 is 0 Å². The fourth-order valence-corrected chi connectivity index (χ4v) is 5.24. The Hall–Kier alpha value is -2.83. The maximum atomic E-state index is 14.1. The van der Waals surface area contributed by atoms with E-state index in [1.807, 2.05) is 17.9 Å². The fourth-order valence-electron chi connectivity index (χ4n) is 5.24. The van der Waals surface area contributed by atoms with Crippen molar-refractivity contribution in [3.63, 3.8) is 0 Å².